The normalized spacial score (nSPS) is 9.62. The van der Waals surface area contributed by atoms with E-state index in [0.29, 0.717) is 6.61 Å². The minimum absolute atomic E-state index is 0.485. The van der Waals surface area contributed by atoms with E-state index in [4.69, 9.17) is 4.74 Å². The molecular formula is C12H12O. The van der Waals surface area contributed by atoms with Gasteiger partial charge in [0.1, 0.15) is 6.61 Å². The van der Waals surface area contributed by atoms with Crippen molar-refractivity contribution < 1.29 is 4.74 Å². The molecular weight excluding hydrogens is 160 g/mol. The average molecular weight is 172 g/mol. The van der Waals surface area contributed by atoms with Crippen LogP contribution in [0.25, 0.3) is 6.08 Å². The molecule has 0 saturated heterocycles. The molecule has 0 aliphatic rings. The summed E-state index contributed by atoms with van der Waals surface area (Å²) in [5.74, 6) is 5.73. The second-order valence-corrected chi connectivity index (χ2v) is 2.50. The molecule has 1 nitrogen and oxygen atoms in total. The number of rotatable bonds is 2. The summed E-state index contributed by atoms with van der Waals surface area (Å²) in [4.78, 5) is 0. The van der Waals surface area contributed by atoms with Gasteiger partial charge < -0.3 is 4.74 Å². The molecule has 0 unspecified atom stereocenters. The predicted octanol–water partition coefficient (Wildman–Crippen LogP) is 2.35. The summed E-state index contributed by atoms with van der Waals surface area (Å²) >= 11 is 0. The van der Waals surface area contributed by atoms with Crippen LogP contribution in [0, 0.1) is 11.8 Å². The molecule has 1 heteroatoms. The van der Waals surface area contributed by atoms with Crippen molar-refractivity contribution in [3.63, 3.8) is 0 Å². The van der Waals surface area contributed by atoms with Crippen LogP contribution < -0.4 is 0 Å². The van der Waals surface area contributed by atoms with Gasteiger partial charge in [-0.2, -0.15) is 0 Å². The van der Waals surface area contributed by atoms with Crippen LogP contribution in [0.15, 0.2) is 36.4 Å². The lowest BCUT2D eigenvalue weighted by atomic mass is 10.2. The monoisotopic (exact) mass is 172 g/mol. The molecule has 13 heavy (non-hydrogen) atoms. The molecule has 0 saturated carbocycles. The zero-order valence-electron chi connectivity index (χ0n) is 7.66. The highest BCUT2D eigenvalue weighted by atomic mass is 16.5. The van der Waals surface area contributed by atoms with Gasteiger partial charge in [-0.15, -0.1) is 0 Å². The van der Waals surface area contributed by atoms with Gasteiger partial charge in [-0.05, 0) is 17.7 Å². The first-order chi connectivity index (χ1) is 6.43. The molecule has 0 fully saturated rings. The lowest BCUT2D eigenvalue weighted by Crippen LogP contribution is -1.79. The first kappa shape index (κ1) is 9.57. The molecule has 66 valence electrons. The Balaban J connectivity index is 2.47. The van der Waals surface area contributed by atoms with Gasteiger partial charge in [0.2, 0.25) is 0 Å². The van der Waals surface area contributed by atoms with Crippen molar-refractivity contribution in [3.8, 4) is 11.8 Å². The van der Waals surface area contributed by atoms with E-state index in [9.17, 15) is 0 Å². The van der Waals surface area contributed by atoms with Crippen LogP contribution in [-0.2, 0) is 4.74 Å². The molecule has 1 rings (SSSR count). The molecule has 0 amide bonds. The van der Waals surface area contributed by atoms with E-state index in [-0.39, 0.29) is 0 Å². The fourth-order valence-electron chi connectivity index (χ4n) is 0.875. The summed E-state index contributed by atoms with van der Waals surface area (Å²) in [5.41, 5.74) is 1.16. The first-order valence-corrected chi connectivity index (χ1v) is 4.12. The summed E-state index contributed by atoms with van der Waals surface area (Å²) in [6, 6.07) is 10.1. The van der Waals surface area contributed by atoms with E-state index in [0.717, 1.165) is 5.56 Å². The molecule has 0 aliphatic carbocycles. The zero-order valence-corrected chi connectivity index (χ0v) is 7.66. The number of benzene rings is 1. The van der Waals surface area contributed by atoms with Crippen LogP contribution >= 0.6 is 0 Å². The molecule has 0 atom stereocenters. The lowest BCUT2D eigenvalue weighted by Gasteiger charge is -1.87. The van der Waals surface area contributed by atoms with Crippen LogP contribution in [0.1, 0.15) is 5.56 Å². The number of hydrogen-bond donors (Lipinski definition) is 0. The summed E-state index contributed by atoms with van der Waals surface area (Å²) in [6.45, 7) is 0.485. The second-order valence-electron chi connectivity index (χ2n) is 2.50. The second kappa shape index (κ2) is 6.05. The molecule has 0 aromatic heterocycles. The lowest BCUT2D eigenvalue weighted by molar-refractivity contribution is 0.240. The Labute approximate surface area is 79.0 Å². The topological polar surface area (TPSA) is 9.23 Å². The minimum atomic E-state index is 0.485. The van der Waals surface area contributed by atoms with Crippen LogP contribution in [0.5, 0.6) is 0 Å². The Hall–Kier alpha value is -1.52. The Bertz CT molecular complexity index is 314. The minimum Gasteiger partial charge on any atom is -0.372 e. The number of ether oxygens (including phenoxy) is 1. The van der Waals surface area contributed by atoms with Gasteiger partial charge in [-0.25, -0.2) is 0 Å². The van der Waals surface area contributed by atoms with E-state index in [2.05, 4.69) is 11.8 Å². The summed E-state index contributed by atoms with van der Waals surface area (Å²) < 4.78 is 4.79. The smallest absolute Gasteiger partial charge is 0.107 e. The third kappa shape index (κ3) is 4.15. The Morgan fingerprint density at radius 1 is 1.31 bits per heavy atom. The maximum atomic E-state index is 4.79. The Kier molecular flexibility index (Phi) is 4.45. The fraction of sp³-hybridized carbons (Fsp3) is 0.167. The number of methoxy groups -OCH3 is 1. The maximum absolute atomic E-state index is 4.79. The van der Waals surface area contributed by atoms with Crippen molar-refractivity contribution in [2.24, 2.45) is 0 Å². The van der Waals surface area contributed by atoms with E-state index in [1.54, 1.807) is 7.11 Å². The van der Waals surface area contributed by atoms with Crippen LogP contribution in [0.4, 0.5) is 0 Å². The van der Waals surface area contributed by atoms with Crippen LogP contribution in [-0.4, -0.2) is 13.7 Å². The van der Waals surface area contributed by atoms with Gasteiger partial charge in [0.25, 0.3) is 0 Å². The highest BCUT2D eigenvalue weighted by Crippen LogP contribution is 1.99. The van der Waals surface area contributed by atoms with Gasteiger partial charge in [0, 0.05) is 7.11 Å². The van der Waals surface area contributed by atoms with Gasteiger partial charge >= 0.3 is 0 Å². The van der Waals surface area contributed by atoms with Crippen molar-refractivity contribution in [2.75, 3.05) is 13.7 Å². The summed E-state index contributed by atoms with van der Waals surface area (Å²) in [5, 5.41) is 0. The van der Waals surface area contributed by atoms with E-state index in [1.807, 2.05) is 42.5 Å². The summed E-state index contributed by atoms with van der Waals surface area (Å²) in [6.07, 6.45) is 3.80. The number of hydrogen-bond acceptors (Lipinski definition) is 1. The Morgan fingerprint density at radius 3 is 2.77 bits per heavy atom. The molecule has 0 heterocycles. The molecule has 0 spiro atoms. The van der Waals surface area contributed by atoms with Gasteiger partial charge in [-0.1, -0.05) is 42.2 Å². The zero-order chi connectivity index (χ0) is 9.36. The van der Waals surface area contributed by atoms with E-state index < -0.39 is 0 Å². The first-order valence-electron chi connectivity index (χ1n) is 4.12. The highest BCUT2D eigenvalue weighted by Gasteiger charge is 1.79. The van der Waals surface area contributed by atoms with E-state index >= 15 is 0 Å². The largest absolute Gasteiger partial charge is 0.372 e. The van der Waals surface area contributed by atoms with Crippen molar-refractivity contribution in [2.45, 2.75) is 0 Å². The fourth-order valence-corrected chi connectivity index (χ4v) is 0.875. The Morgan fingerprint density at radius 2 is 2.08 bits per heavy atom. The van der Waals surface area contributed by atoms with Crippen molar-refractivity contribution in [1.82, 2.24) is 0 Å². The number of allylic oxidation sites excluding steroid dienone is 1. The molecule has 0 radical (unpaired) electrons. The highest BCUT2D eigenvalue weighted by molar-refractivity contribution is 5.52. The molecule has 1 aromatic rings. The maximum Gasteiger partial charge on any atom is 0.107 e. The molecule has 0 bridgehead atoms. The van der Waals surface area contributed by atoms with Crippen molar-refractivity contribution >= 4 is 6.08 Å². The van der Waals surface area contributed by atoms with Crippen molar-refractivity contribution in [3.05, 3.63) is 42.0 Å². The quantitative estimate of drug-likeness (QED) is 0.622. The SMILES string of the molecule is COCC#C/C=C/c1ccccc1. The van der Waals surface area contributed by atoms with Gasteiger partial charge in [0.05, 0.1) is 0 Å². The molecule has 1 aromatic carbocycles. The van der Waals surface area contributed by atoms with Gasteiger partial charge in [0.15, 0.2) is 0 Å². The van der Waals surface area contributed by atoms with E-state index in [1.165, 1.54) is 0 Å². The molecule has 0 N–H and O–H groups in total. The average Bonchev–Trinajstić information content (AvgIpc) is 2.19. The van der Waals surface area contributed by atoms with Crippen LogP contribution in [0.3, 0.4) is 0 Å². The third-order valence-corrected chi connectivity index (χ3v) is 1.48. The predicted molar refractivity (Wildman–Crippen MR) is 55.1 cm³/mol. The summed E-state index contributed by atoms with van der Waals surface area (Å²) in [7, 11) is 1.63. The standard InChI is InChI=1S/C12H12O/c1-13-11-7-3-6-10-12-8-4-2-5-9-12/h2,4-6,8-10H,11H2,1H3/b10-6+. The van der Waals surface area contributed by atoms with Gasteiger partial charge in [-0.3, -0.25) is 0 Å². The molecule has 0 aliphatic heterocycles. The third-order valence-electron chi connectivity index (χ3n) is 1.48. The van der Waals surface area contributed by atoms with Crippen molar-refractivity contribution in [1.29, 1.82) is 0 Å². The van der Waals surface area contributed by atoms with Crippen LogP contribution in [0.2, 0.25) is 0 Å².